The molecule has 0 radical (unpaired) electrons. The number of aliphatic hydroxyl groups excluding tert-OH is 2. The molecule has 5 atom stereocenters. The third kappa shape index (κ3) is 4.97. The highest BCUT2D eigenvalue weighted by Crippen LogP contribution is 2.25. The molecule has 0 saturated carbocycles. The van der Waals surface area contributed by atoms with E-state index < -0.39 is 53.3 Å². The van der Waals surface area contributed by atoms with E-state index in [1.54, 1.807) is 30.3 Å². The third-order valence-electron chi connectivity index (χ3n) is 3.71. The van der Waals surface area contributed by atoms with E-state index in [-0.39, 0.29) is 0 Å². The molecule has 1 heterocycles. The van der Waals surface area contributed by atoms with E-state index in [9.17, 15) is 23.4 Å². The Morgan fingerprint density at radius 1 is 1.32 bits per heavy atom. The molecule has 9 nitrogen and oxygen atoms in total. The summed E-state index contributed by atoms with van der Waals surface area (Å²) in [5.41, 5.74) is 0.328. The van der Waals surface area contributed by atoms with Crippen molar-refractivity contribution in [2.45, 2.75) is 30.6 Å². The Labute approximate surface area is 145 Å². The van der Waals surface area contributed by atoms with Crippen LogP contribution in [-0.4, -0.2) is 75.2 Å². The van der Waals surface area contributed by atoms with Crippen molar-refractivity contribution in [3.63, 3.8) is 0 Å². The Kier molecular flexibility index (Phi) is 6.49. The quantitative estimate of drug-likeness (QED) is 0.532. The molecule has 140 valence electrons. The second-order valence-corrected chi connectivity index (χ2v) is 7.18. The van der Waals surface area contributed by atoms with Gasteiger partial charge >= 0.3 is 0 Å². The molecule has 0 bridgehead atoms. The maximum atomic E-state index is 12.4. The zero-order chi connectivity index (χ0) is 18.6. The molecule has 1 aliphatic rings. The average Bonchev–Trinajstić information content (AvgIpc) is 2.58. The van der Waals surface area contributed by atoms with Gasteiger partial charge in [0.25, 0.3) is 16.0 Å². The van der Waals surface area contributed by atoms with E-state index in [1.807, 2.05) is 0 Å². The molecule has 1 fully saturated rings. The van der Waals surface area contributed by atoms with Crippen molar-refractivity contribution in [3.8, 4) is 0 Å². The first-order chi connectivity index (χ1) is 11.8. The molecule has 1 aromatic carbocycles. The Bertz CT molecular complexity index is 680. The summed E-state index contributed by atoms with van der Waals surface area (Å²) < 4.78 is 38.5. The first-order valence-corrected chi connectivity index (χ1v) is 9.30. The largest absolute Gasteiger partial charge is 0.394 e. The van der Waals surface area contributed by atoms with Gasteiger partial charge in [-0.25, -0.2) is 0 Å². The number of nitrogens with one attached hydrogen (secondary N) is 1. The van der Waals surface area contributed by atoms with Crippen molar-refractivity contribution in [3.05, 3.63) is 35.9 Å². The number of hydrogen-bond donors (Lipinski definition) is 3. The van der Waals surface area contributed by atoms with Gasteiger partial charge in [0, 0.05) is 12.7 Å². The molecule has 25 heavy (non-hydrogen) atoms. The number of benzene rings is 1. The van der Waals surface area contributed by atoms with Gasteiger partial charge in [0.2, 0.25) is 0 Å². The maximum Gasteiger partial charge on any atom is 0.264 e. The molecule has 0 aliphatic carbocycles. The first kappa shape index (κ1) is 19.8. The zero-order valence-electron chi connectivity index (χ0n) is 13.7. The van der Waals surface area contributed by atoms with Crippen LogP contribution in [0.3, 0.4) is 0 Å². The van der Waals surface area contributed by atoms with Crippen LogP contribution in [-0.2, 0) is 23.8 Å². The summed E-state index contributed by atoms with van der Waals surface area (Å²) in [6, 6.07) is 7.09. The monoisotopic (exact) mass is 375 g/mol. The lowest BCUT2D eigenvalue weighted by molar-refractivity contribution is -0.256. The van der Waals surface area contributed by atoms with Crippen LogP contribution in [0.15, 0.2) is 30.3 Å². The lowest BCUT2D eigenvalue weighted by atomic mass is 9.96. The topological polar surface area (TPSA) is 131 Å². The predicted octanol–water partition coefficient (Wildman–Crippen LogP) is -1.15. The fraction of sp³-hybridized carbons (Fsp3) is 0.533. The van der Waals surface area contributed by atoms with Crippen LogP contribution < -0.4 is 5.32 Å². The molecule has 2 rings (SSSR count). The van der Waals surface area contributed by atoms with E-state index in [0.29, 0.717) is 5.56 Å². The number of aliphatic hydroxyl groups is 2. The van der Waals surface area contributed by atoms with Crippen LogP contribution in [0.1, 0.15) is 10.4 Å². The highest BCUT2D eigenvalue weighted by molar-refractivity contribution is 7.86. The number of carbonyl (C=O) groups excluding carboxylic acids is 1. The highest BCUT2D eigenvalue weighted by Gasteiger charge is 2.48. The van der Waals surface area contributed by atoms with Gasteiger partial charge in [-0.15, -0.1) is 0 Å². The molecule has 0 spiro atoms. The van der Waals surface area contributed by atoms with Gasteiger partial charge < -0.3 is 25.0 Å². The molecule has 1 aliphatic heterocycles. The van der Waals surface area contributed by atoms with E-state index in [2.05, 4.69) is 5.32 Å². The van der Waals surface area contributed by atoms with Crippen molar-refractivity contribution in [1.29, 1.82) is 0 Å². The van der Waals surface area contributed by atoms with Crippen LogP contribution in [0.5, 0.6) is 0 Å². The minimum absolute atomic E-state index is 0.328. The summed E-state index contributed by atoms with van der Waals surface area (Å²) in [4.78, 5) is 12.4. The number of hydrogen-bond acceptors (Lipinski definition) is 8. The maximum absolute atomic E-state index is 12.4. The fourth-order valence-corrected chi connectivity index (χ4v) is 3.20. The summed E-state index contributed by atoms with van der Waals surface area (Å²) in [6.45, 7) is -0.579. The average molecular weight is 375 g/mol. The van der Waals surface area contributed by atoms with E-state index in [4.69, 9.17) is 13.7 Å². The van der Waals surface area contributed by atoms with Crippen molar-refractivity contribution in [1.82, 2.24) is 5.32 Å². The minimum Gasteiger partial charge on any atom is -0.394 e. The molecule has 1 amide bonds. The number of rotatable bonds is 6. The lowest BCUT2D eigenvalue weighted by Crippen LogP contribution is -2.65. The van der Waals surface area contributed by atoms with Crippen molar-refractivity contribution >= 4 is 16.0 Å². The number of methoxy groups -OCH3 is 1. The number of amides is 1. The number of ether oxygens (including phenoxy) is 2. The fourth-order valence-electron chi connectivity index (χ4n) is 2.56. The van der Waals surface area contributed by atoms with Gasteiger partial charge in [-0.2, -0.15) is 8.42 Å². The zero-order valence-corrected chi connectivity index (χ0v) is 14.5. The van der Waals surface area contributed by atoms with E-state index in [0.717, 1.165) is 6.26 Å². The summed E-state index contributed by atoms with van der Waals surface area (Å²) in [7, 11) is -2.67. The molecule has 3 N–H and O–H groups in total. The van der Waals surface area contributed by atoms with Gasteiger partial charge in [-0.05, 0) is 12.1 Å². The van der Waals surface area contributed by atoms with Crippen LogP contribution in [0.4, 0.5) is 0 Å². The van der Waals surface area contributed by atoms with Gasteiger partial charge in [0.15, 0.2) is 6.29 Å². The van der Waals surface area contributed by atoms with Crippen molar-refractivity contribution in [2.24, 2.45) is 0 Å². The van der Waals surface area contributed by atoms with E-state index in [1.165, 1.54) is 7.11 Å². The van der Waals surface area contributed by atoms with Crippen molar-refractivity contribution < 1.29 is 37.1 Å². The Morgan fingerprint density at radius 2 is 1.96 bits per heavy atom. The molecular weight excluding hydrogens is 354 g/mol. The Hall–Kier alpha value is -1.56. The van der Waals surface area contributed by atoms with Crippen molar-refractivity contribution in [2.75, 3.05) is 20.0 Å². The smallest absolute Gasteiger partial charge is 0.264 e. The minimum atomic E-state index is -3.96. The van der Waals surface area contributed by atoms with Crippen LogP contribution in [0.2, 0.25) is 0 Å². The normalized spacial score (nSPS) is 30.0. The van der Waals surface area contributed by atoms with Crippen LogP contribution >= 0.6 is 0 Å². The second kappa shape index (κ2) is 8.21. The standard InChI is InChI=1S/C15H21NO8S/c1-22-15-11(16-14(19)9-6-4-3-5-7-9)13(24-25(2,20)21)12(18)10(8-17)23-15/h3-7,10-13,15,17-18H,8H2,1-2H3,(H,16,19)/t10-,11-,12-,13-,15+/m1/s1. The Morgan fingerprint density at radius 3 is 2.48 bits per heavy atom. The Balaban J connectivity index is 2.29. The van der Waals surface area contributed by atoms with Crippen LogP contribution in [0, 0.1) is 0 Å². The highest BCUT2D eigenvalue weighted by atomic mass is 32.2. The first-order valence-electron chi connectivity index (χ1n) is 7.48. The molecule has 0 unspecified atom stereocenters. The number of carbonyl (C=O) groups is 1. The van der Waals surface area contributed by atoms with Gasteiger partial charge in [-0.3, -0.25) is 8.98 Å². The molecule has 1 aromatic rings. The predicted molar refractivity (Wildman–Crippen MR) is 86.2 cm³/mol. The van der Waals surface area contributed by atoms with E-state index >= 15 is 0 Å². The summed E-state index contributed by atoms with van der Waals surface area (Å²) in [5.74, 6) is -0.520. The lowest BCUT2D eigenvalue weighted by Gasteiger charge is -2.43. The molecular formula is C15H21NO8S. The van der Waals surface area contributed by atoms with Gasteiger partial charge in [0.05, 0.1) is 12.9 Å². The summed E-state index contributed by atoms with van der Waals surface area (Å²) in [5, 5.41) is 22.1. The summed E-state index contributed by atoms with van der Waals surface area (Å²) in [6.07, 6.45) is -4.31. The third-order valence-corrected chi connectivity index (χ3v) is 4.28. The molecule has 10 heteroatoms. The molecule has 1 saturated heterocycles. The summed E-state index contributed by atoms with van der Waals surface area (Å²) >= 11 is 0. The van der Waals surface area contributed by atoms with Gasteiger partial charge in [0.1, 0.15) is 24.4 Å². The molecule has 0 aromatic heterocycles. The van der Waals surface area contributed by atoms with Crippen LogP contribution in [0.25, 0.3) is 0 Å². The second-order valence-electron chi connectivity index (χ2n) is 5.58. The van der Waals surface area contributed by atoms with Gasteiger partial charge in [-0.1, -0.05) is 18.2 Å². The SMILES string of the molecule is CO[C@H]1O[C@H](CO)[C@@H](O)[C@H](OS(C)(=O)=O)[C@H]1NC(=O)c1ccccc1.